The van der Waals surface area contributed by atoms with Crippen molar-refractivity contribution in [1.82, 2.24) is 10.3 Å². The second-order valence-electron chi connectivity index (χ2n) is 3.78. The van der Waals surface area contributed by atoms with Crippen molar-refractivity contribution in [2.24, 2.45) is 5.41 Å². The van der Waals surface area contributed by atoms with Crippen molar-refractivity contribution in [1.29, 1.82) is 0 Å². The van der Waals surface area contributed by atoms with Gasteiger partial charge in [-0.1, -0.05) is 19.9 Å². The molecule has 1 atom stereocenters. The lowest BCUT2D eigenvalue weighted by Gasteiger charge is -2.25. The van der Waals surface area contributed by atoms with Gasteiger partial charge < -0.3 is 5.32 Å². The van der Waals surface area contributed by atoms with E-state index < -0.39 is 0 Å². The highest BCUT2D eigenvalue weighted by Gasteiger charge is 2.20. The van der Waals surface area contributed by atoms with Crippen LogP contribution in [0.4, 0.5) is 0 Å². The first-order chi connectivity index (χ1) is 6.70. The molecule has 0 amide bonds. The zero-order chi connectivity index (χ0) is 10.4. The van der Waals surface area contributed by atoms with Crippen molar-refractivity contribution in [2.75, 3.05) is 13.1 Å². The summed E-state index contributed by atoms with van der Waals surface area (Å²) in [5, 5.41) is 3.37. The molecule has 78 valence electrons. The van der Waals surface area contributed by atoms with E-state index in [9.17, 15) is 0 Å². The molecular formula is C11H18N2S. The lowest BCUT2D eigenvalue weighted by molar-refractivity contribution is 0.398. The first kappa shape index (κ1) is 11.4. The summed E-state index contributed by atoms with van der Waals surface area (Å²) in [4.78, 5) is 5.41. The van der Waals surface area contributed by atoms with Gasteiger partial charge in [0.1, 0.15) is 0 Å². The fraction of sp³-hybridized carbons (Fsp3) is 0.545. The van der Waals surface area contributed by atoms with E-state index in [4.69, 9.17) is 0 Å². The van der Waals surface area contributed by atoms with E-state index in [0.717, 1.165) is 19.5 Å². The Labute approximate surface area is 90.1 Å². The molecule has 1 N–H and O–H groups in total. The standard InChI is InChI=1S/C11H18N2S/c1-4-11(3,8-12-5-2)6-10-7-13-9-14-10/h4,7,9,12H,1,5-6,8H2,2-3H3. The maximum Gasteiger partial charge on any atom is 0.0794 e. The number of nitrogens with zero attached hydrogens (tertiary/aromatic N) is 1. The first-order valence-electron chi connectivity index (χ1n) is 4.92. The van der Waals surface area contributed by atoms with Crippen LogP contribution in [0.1, 0.15) is 18.7 Å². The van der Waals surface area contributed by atoms with Gasteiger partial charge in [0.15, 0.2) is 0 Å². The summed E-state index contributed by atoms with van der Waals surface area (Å²) in [7, 11) is 0. The van der Waals surface area contributed by atoms with Crippen molar-refractivity contribution in [3.8, 4) is 0 Å². The minimum atomic E-state index is 0.141. The maximum atomic E-state index is 4.08. The van der Waals surface area contributed by atoms with Gasteiger partial charge in [-0.3, -0.25) is 4.98 Å². The van der Waals surface area contributed by atoms with Gasteiger partial charge in [0.05, 0.1) is 5.51 Å². The van der Waals surface area contributed by atoms with Crippen LogP contribution in [0.2, 0.25) is 0 Å². The molecule has 0 fully saturated rings. The van der Waals surface area contributed by atoms with Gasteiger partial charge in [0, 0.05) is 23.0 Å². The molecule has 0 saturated heterocycles. The van der Waals surface area contributed by atoms with E-state index in [1.165, 1.54) is 4.88 Å². The van der Waals surface area contributed by atoms with Crippen LogP contribution in [0.5, 0.6) is 0 Å². The van der Waals surface area contributed by atoms with Crippen molar-refractivity contribution in [2.45, 2.75) is 20.3 Å². The maximum absolute atomic E-state index is 4.08. The molecule has 0 aliphatic carbocycles. The molecule has 2 nitrogen and oxygen atoms in total. The minimum absolute atomic E-state index is 0.141. The number of hydrogen-bond donors (Lipinski definition) is 1. The van der Waals surface area contributed by atoms with Crippen molar-refractivity contribution < 1.29 is 0 Å². The third kappa shape index (κ3) is 3.24. The zero-order valence-electron chi connectivity index (χ0n) is 8.92. The monoisotopic (exact) mass is 210 g/mol. The highest BCUT2D eigenvalue weighted by atomic mass is 32.1. The molecule has 0 aliphatic heterocycles. The topological polar surface area (TPSA) is 24.9 Å². The Morgan fingerprint density at radius 2 is 2.50 bits per heavy atom. The Morgan fingerprint density at radius 1 is 1.71 bits per heavy atom. The summed E-state index contributed by atoms with van der Waals surface area (Å²) in [5.74, 6) is 0. The molecule has 3 heteroatoms. The average Bonchev–Trinajstić information content (AvgIpc) is 2.67. The van der Waals surface area contributed by atoms with E-state index in [1.807, 2.05) is 17.8 Å². The van der Waals surface area contributed by atoms with E-state index in [2.05, 4.69) is 30.7 Å². The lowest BCUT2D eigenvalue weighted by atomic mass is 9.86. The first-order valence-corrected chi connectivity index (χ1v) is 5.80. The second-order valence-corrected chi connectivity index (χ2v) is 4.75. The molecule has 0 aromatic carbocycles. The third-order valence-corrected chi connectivity index (χ3v) is 3.11. The van der Waals surface area contributed by atoms with Gasteiger partial charge in [-0.05, 0) is 13.0 Å². The number of rotatable bonds is 6. The van der Waals surface area contributed by atoms with E-state index >= 15 is 0 Å². The molecule has 0 spiro atoms. The fourth-order valence-corrected chi connectivity index (χ4v) is 2.14. The van der Waals surface area contributed by atoms with Gasteiger partial charge in [-0.2, -0.15) is 0 Å². The molecule has 0 radical (unpaired) electrons. The van der Waals surface area contributed by atoms with Crippen molar-refractivity contribution >= 4 is 11.3 Å². The zero-order valence-corrected chi connectivity index (χ0v) is 9.73. The molecule has 1 aromatic heterocycles. The van der Waals surface area contributed by atoms with E-state index in [-0.39, 0.29) is 5.41 Å². The van der Waals surface area contributed by atoms with Crippen LogP contribution >= 0.6 is 11.3 Å². The van der Waals surface area contributed by atoms with Gasteiger partial charge in [0.25, 0.3) is 0 Å². The summed E-state index contributed by atoms with van der Waals surface area (Å²) in [5.41, 5.74) is 2.02. The summed E-state index contributed by atoms with van der Waals surface area (Å²) in [6.45, 7) is 10.2. The van der Waals surface area contributed by atoms with Crippen LogP contribution in [0.3, 0.4) is 0 Å². The van der Waals surface area contributed by atoms with Crippen LogP contribution in [0.25, 0.3) is 0 Å². The summed E-state index contributed by atoms with van der Waals surface area (Å²) in [6.07, 6.45) is 5.00. The van der Waals surface area contributed by atoms with Crippen molar-refractivity contribution in [3.05, 3.63) is 29.2 Å². The summed E-state index contributed by atoms with van der Waals surface area (Å²) in [6, 6.07) is 0. The molecule has 1 unspecified atom stereocenters. The Morgan fingerprint density at radius 3 is 3.00 bits per heavy atom. The predicted octanol–water partition coefficient (Wildman–Crippen LogP) is 2.49. The largest absolute Gasteiger partial charge is 0.316 e. The summed E-state index contributed by atoms with van der Waals surface area (Å²) < 4.78 is 0. The molecule has 0 saturated carbocycles. The van der Waals surface area contributed by atoms with Gasteiger partial charge in [-0.15, -0.1) is 17.9 Å². The molecule has 1 aromatic rings. The Bertz CT molecular complexity index is 269. The SMILES string of the molecule is C=CC(C)(CNCC)Cc1cncs1. The smallest absolute Gasteiger partial charge is 0.0794 e. The lowest BCUT2D eigenvalue weighted by Crippen LogP contribution is -2.31. The van der Waals surface area contributed by atoms with Crippen molar-refractivity contribution in [3.63, 3.8) is 0 Å². The highest BCUT2D eigenvalue weighted by Crippen LogP contribution is 2.24. The van der Waals surface area contributed by atoms with Crippen LogP contribution in [0, 0.1) is 5.41 Å². The molecular weight excluding hydrogens is 192 g/mol. The van der Waals surface area contributed by atoms with E-state index in [1.54, 1.807) is 11.3 Å². The Hall–Kier alpha value is -0.670. The quantitative estimate of drug-likeness (QED) is 0.730. The molecule has 1 rings (SSSR count). The van der Waals surface area contributed by atoms with Crippen LogP contribution in [-0.2, 0) is 6.42 Å². The Balaban J connectivity index is 2.56. The average molecular weight is 210 g/mol. The summed E-state index contributed by atoms with van der Waals surface area (Å²) >= 11 is 1.71. The third-order valence-electron chi connectivity index (χ3n) is 2.33. The van der Waals surface area contributed by atoms with Crippen LogP contribution < -0.4 is 5.32 Å². The molecule has 14 heavy (non-hydrogen) atoms. The van der Waals surface area contributed by atoms with Crippen LogP contribution in [-0.4, -0.2) is 18.1 Å². The van der Waals surface area contributed by atoms with Gasteiger partial charge >= 0.3 is 0 Å². The highest BCUT2D eigenvalue weighted by molar-refractivity contribution is 7.09. The number of thiazole rings is 1. The number of aromatic nitrogens is 1. The Kier molecular flexibility index (Phi) is 4.29. The predicted molar refractivity (Wildman–Crippen MR) is 62.7 cm³/mol. The second kappa shape index (κ2) is 5.27. The number of hydrogen-bond acceptors (Lipinski definition) is 3. The van der Waals surface area contributed by atoms with Crippen LogP contribution in [0.15, 0.2) is 24.4 Å². The van der Waals surface area contributed by atoms with Gasteiger partial charge in [0.2, 0.25) is 0 Å². The molecule has 0 aliphatic rings. The minimum Gasteiger partial charge on any atom is -0.316 e. The van der Waals surface area contributed by atoms with Gasteiger partial charge in [-0.25, -0.2) is 0 Å². The van der Waals surface area contributed by atoms with E-state index in [0.29, 0.717) is 0 Å². The molecule has 1 heterocycles. The fourth-order valence-electron chi connectivity index (χ4n) is 1.34. The number of nitrogens with one attached hydrogen (secondary N) is 1. The molecule has 0 bridgehead atoms. The normalized spacial score (nSPS) is 15.0.